The van der Waals surface area contributed by atoms with Gasteiger partial charge in [-0.1, -0.05) is 96.2 Å². The van der Waals surface area contributed by atoms with Crippen molar-refractivity contribution in [2.75, 3.05) is 19.6 Å². The molecule has 3 fully saturated rings. The number of piperidine rings is 3. The van der Waals surface area contributed by atoms with E-state index in [1.807, 2.05) is 66.7 Å². The van der Waals surface area contributed by atoms with Crippen LogP contribution in [0, 0.1) is 5.92 Å². The van der Waals surface area contributed by atoms with Gasteiger partial charge in [0.15, 0.2) is 12.1 Å². The van der Waals surface area contributed by atoms with E-state index in [4.69, 9.17) is 14.2 Å². The first kappa shape index (κ1) is 25.6. The summed E-state index contributed by atoms with van der Waals surface area (Å²) in [5.41, 5.74) is 1.15. The van der Waals surface area contributed by atoms with Gasteiger partial charge < -0.3 is 31.3 Å². The number of benzene rings is 3. The van der Waals surface area contributed by atoms with Crippen molar-refractivity contribution >= 4 is 0 Å². The van der Waals surface area contributed by atoms with Crippen LogP contribution >= 0.6 is 0 Å². The quantitative estimate of drug-likeness (QED) is 0.360. The van der Waals surface area contributed by atoms with Gasteiger partial charge in [-0.05, 0) is 16.7 Å². The normalized spacial score (nSPS) is 22.9. The van der Waals surface area contributed by atoms with Crippen molar-refractivity contribution in [2.24, 2.45) is 5.92 Å². The van der Waals surface area contributed by atoms with E-state index in [1.165, 1.54) is 5.56 Å². The van der Waals surface area contributed by atoms with Gasteiger partial charge in [0, 0.05) is 18.8 Å². The Kier molecular flexibility index (Phi) is 7.45. The third kappa shape index (κ3) is 5.07. The molecular weight excluding hydrogens is 486 g/mol. The number of hydrogen-bond donors (Lipinski definition) is 1. The molecule has 1 aromatic heterocycles. The number of rotatable bonds is 8. The highest BCUT2D eigenvalue weighted by molar-refractivity contribution is 5.42. The summed E-state index contributed by atoms with van der Waals surface area (Å²) in [6, 6.07) is 29.5. The molecule has 1 N–H and O–H groups in total. The molecule has 7 heteroatoms. The van der Waals surface area contributed by atoms with Gasteiger partial charge in [0.1, 0.15) is 12.6 Å². The van der Waals surface area contributed by atoms with Crippen LogP contribution in [0.5, 0.6) is 0 Å². The van der Waals surface area contributed by atoms with Crippen molar-refractivity contribution in [1.29, 1.82) is 0 Å². The van der Waals surface area contributed by atoms with Gasteiger partial charge in [-0.25, -0.2) is 0 Å². The lowest BCUT2D eigenvalue weighted by atomic mass is 9.83. The first-order valence-electron chi connectivity index (χ1n) is 12.8. The molecule has 7 rings (SSSR count). The van der Waals surface area contributed by atoms with Gasteiger partial charge in [0.25, 0.3) is 5.89 Å². The molecule has 0 unspecified atom stereocenters. The number of fused-ring (bicyclic) bond motifs is 3. The molecule has 192 valence electrons. The van der Waals surface area contributed by atoms with E-state index in [1.54, 1.807) is 0 Å². The number of hydrogen-bond acceptors (Lipinski definition) is 5. The summed E-state index contributed by atoms with van der Waals surface area (Å²) in [6.07, 6.45) is 2.54. The average Bonchev–Trinajstić information content (AvgIpc) is 3.42. The molecule has 0 spiro atoms. The van der Waals surface area contributed by atoms with Crippen LogP contribution < -0.4 is 12.4 Å². The SMILES string of the molecule is OC(c1ccccc1)(c1ccccc1)c1noc(C[N+]23CCC(CC2)[C@@H](OCc2ccccc2)C3)n1.[Cl-]. The standard InChI is InChI=1S/C30H32N3O3.ClH/c34-30(25-12-6-2-7-13-25,26-14-8-3-9-15-26)29-31-28(36-32-29)21-33-18-16-24(17-19-33)27(20-33)35-22-23-10-4-1-5-11-23;/h1-15,24,27,34H,16-22H2;1H/q+1;/p-1/t24?,27-,33?;/m0./s1. The van der Waals surface area contributed by atoms with Crippen molar-refractivity contribution in [3.05, 3.63) is 119 Å². The molecule has 3 aliphatic rings. The Morgan fingerprint density at radius 2 is 1.43 bits per heavy atom. The monoisotopic (exact) mass is 517 g/mol. The maximum atomic E-state index is 12.0. The van der Waals surface area contributed by atoms with E-state index >= 15 is 0 Å². The second-order valence-electron chi connectivity index (χ2n) is 10.3. The largest absolute Gasteiger partial charge is 1.00 e. The van der Waals surface area contributed by atoms with Crippen LogP contribution in [0.4, 0.5) is 0 Å². The van der Waals surface area contributed by atoms with Crippen LogP contribution in [-0.2, 0) is 23.5 Å². The van der Waals surface area contributed by atoms with Crippen molar-refractivity contribution < 1.29 is 31.3 Å². The maximum Gasteiger partial charge on any atom is 0.282 e. The van der Waals surface area contributed by atoms with Gasteiger partial charge in [-0.2, -0.15) is 4.98 Å². The van der Waals surface area contributed by atoms with Gasteiger partial charge in [-0.15, -0.1) is 0 Å². The van der Waals surface area contributed by atoms with Gasteiger partial charge in [0.2, 0.25) is 5.82 Å². The van der Waals surface area contributed by atoms with E-state index in [0.29, 0.717) is 36.1 Å². The molecule has 0 aliphatic carbocycles. The summed E-state index contributed by atoms with van der Waals surface area (Å²) in [6.45, 7) is 4.44. The lowest BCUT2D eigenvalue weighted by Gasteiger charge is -2.51. The summed E-state index contributed by atoms with van der Waals surface area (Å²) in [7, 11) is 0. The second kappa shape index (κ2) is 10.8. The number of ether oxygens (including phenoxy) is 1. The Labute approximate surface area is 223 Å². The molecule has 0 radical (unpaired) electrons. The van der Waals surface area contributed by atoms with E-state index in [2.05, 4.69) is 29.4 Å². The number of halogens is 1. The lowest BCUT2D eigenvalue weighted by Crippen LogP contribution is -3.00. The zero-order valence-electron chi connectivity index (χ0n) is 20.7. The zero-order chi connectivity index (χ0) is 24.4. The topological polar surface area (TPSA) is 68.4 Å². The summed E-state index contributed by atoms with van der Waals surface area (Å²) in [5.74, 6) is 1.46. The van der Waals surface area contributed by atoms with Crippen LogP contribution in [0.1, 0.15) is 41.2 Å². The predicted molar refractivity (Wildman–Crippen MR) is 136 cm³/mol. The van der Waals surface area contributed by atoms with Gasteiger partial charge in [-0.3, -0.25) is 0 Å². The maximum absolute atomic E-state index is 12.0. The molecule has 1 atom stereocenters. The summed E-state index contributed by atoms with van der Waals surface area (Å²) in [5, 5.41) is 16.3. The smallest absolute Gasteiger partial charge is 0.282 e. The molecule has 0 amide bonds. The van der Waals surface area contributed by atoms with E-state index in [9.17, 15) is 5.11 Å². The average molecular weight is 518 g/mol. The van der Waals surface area contributed by atoms with Crippen molar-refractivity contribution in [3.8, 4) is 0 Å². The van der Waals surface area contributed by atoms with Crippen LogP contribution in [0.2, 0.25) is 0 Å². The van der Waals surface area contributed by atoms with E-state index < -0.39 is 5.60 Å². The molecule has 4 heterocycles. The Morgan fingerprint density at radius 1 is 0.865 bits per heavy atom. The Morgan fingerprint density at radius 3 is 2.03 bits per heavy atom. The lowest BCUT2D eigenvalue weighted by molar-refractivity contribution is -0.959. The van der Waals surface area contributed by atoms with Crippen molar-refractivity contribution in [2.45, 2.75) is 37.7 Å². The van der Waals surface area contributed by atoms with Crippen molar-refractivity contribution in [1.82, 2.24) is 10.1 Å². The minimum Gasteiger partial charge on any atom is -1.00 e. The first-order chi connectivity index (χ1) is 17.6. The summed E-state index contributed by atoms with van der Waals surface area (Å²) in [4.78, 5) is 4.77. The Hall–Kier alpha value is -3.03. The summed E-state index contributed by atoms with van der Waals surface area (Å²) < 4.78 is 13.1. The highest BCUT2D eigenvalue weighted by Crippen LogP contribution is 2.38. The van der Waals surface area contributed by atoms with Gasteiger partial charge >= 0.3 is 0 Å². The molecular formula is C30H32ClN3O3. The van der Waals surface area contributed by atoms with Crippen LogP contribution in [0.25, 0.3) is 0 Å². The molecule has 2 bridgehead atoms. The fraction of sp³-hybridized carbons (Fsp3) is 0.333. The van der Waals surface area contributed by atoms with E-state index in [0.717, 1.165) is 37.0 Å². The molecule has 3 aromatic carbocycles. The molecule has 3 aliphatic heterocycles. The number of nitrogens with zero attached hydrogens (tertiary/aromatic N) is 3. The van der Waals surface area contributed by atoms with Crippen LogP contribution in [0.3, 0.4) is 0 Å². The second-order valence-corrected chi connectivity index (χ2v) is 10.3. The molecule has 0 saturated carbocycles. The molecule has 6 nitrogen and oxygen atoms in total. The molecule has 3 saturated heterocycles. The van der Waals surface area contributed by atoms with Crippen molar-refractivity contribution in [3.63, 3.8) is 0 Å². The fourth-order valence-corrected chi connectivity index (χ4v) is 5.95. The highest BCUT2D eigenvalue weighted by Gasteiger charge is 2.48. The third-order valence-electron chi connectivity index (χ3n) is 7.99. The Balaban J connectivity index is 0.00000280. The Bertz CT molecular complexity index is 1240. The third-order valence-corrected chi connectivity index (χ3v) is 7.99. The molecule has 37 heavy (non-hydrogen) atoms. The number of aromatic nitrogens is 2. The first-order valence-corrected chi connectivity index (χ1v) is 12.8. The van der Waals surface area contributed by atoms with E-state index in [-0.39, 0.29) is 24.3 Å². The zero-order valence-corrected chi connectivity index (χ0v) is 21.5. The minimum absolute atomic E-state index is 0. The van der Waals surface area contributed by atoms with Gasteiger partial charge in [0.05, 0.1) is 19.7 Å². The summed E-state index contributed by atoms with van der Waals surface area (Å²) >= 11 is 0. The molecule has 4 aromatic rings. The number of quaternary nitrogens is 1. The predicted octanol–water partition coefficient (Wildman–Crippen LogP) is 1.68. The minimum atomic E-state index is -1.49. The highest BCUT2D eigenvalue weighted by atomic mass is 35.5. The number of aliphatic hydroxyl groups is 1. The van der Waals surface area contributed by atoms with Crippen LogP contribution in [-0.4, -0.2) is 45.5 Å². The fourth-order valence-electron chi connectivity index (χ4n) is 5.95. The van der Waals surface area contributed by atoms with Crippen LogP contribution in [0.15, 0.2) is 95.5 Å².